The lowest BCUT2D eigenvalue weighted by atomic mass is 9.91. The van der Waals surface area contributed by atoms with Gasteiger partial charge in [-0.1, -0.05) is 67.2 Å². The zero-order valence-electron chi connectivity index (χ0n) is 17.1. The minimum absolute atomic E-state index is 0.738. The summed E-state index contributed by atoms with van der Waals surface area (Å²) in [5.41, 5.74) is 15.9. The quantitative estimate of drug-likeness (QED) is 0.504. The largest absolute Gasteiger partial charge is 0.399 e. The van der Waals surface area contributed by atoms with Crippen LogP contribution in [0.15, 0.2) is 29.6 Å². The molecule has 4 N–H and O–H groups in total. The van der Waals surface area contributed by atoms with Crippen molar-refractivity contribution >= 4 is 22.7 Å². The van der Waals surface area contributed by atoms with Crippen LogP contribution in [0.3, 0.4) is 0 Å². The highest BCUT2D eigenvalue weighted by Gasteiger charge is 2.13. The molecule has 0 fully saturated rings. The van der Waals surface area contributed by atoms with Crippen molar-refractivity contribution in [2.24, 2.45) is 5.92 Å². The molecule has 0 aliphatic rings. The molecule has 0 radical (unpaired) electrons. The Balaban J connectivity index is 0.00000134. The Hall–Kier alpha value is -1.48. The van der Waals surface area contributed by atoms with Crippen molar-refractivity contribution in [3.63, 3.8) is 0 Å². The van der Waals surface area contributed by atoms with Gasteiger partial charge in [-0.25, -0.2) is 0 Å². The van der Waals surface area contributed by atoms with E-state index in [1.165, 1.54) is 36.1 Å². The first-order valence-corrected chi connectivity index (χ1v) is 10.7. The van der Waals surface area contributed by atoms with Crippen molar-refractivity contribution in [3.05, 3.63) is 35.2 Å². The Bertz CT molecular complexity index is 555. The van der Waals surface area contributed by atoms with Gasteiger partial charge in [0, 0.05) is 16.3 Å². The summed E-state index contributed by atoms with van der Waals surface area (Å²) >= 11 is 1.79. The molecule has 142 valence electrons. The molecule has 1 atom stereocenters. The number of rotatable bonds is 7. The monoisotopic (exact) mass is 362 g/mol. The lowest BCUT2D eigenvalue weighted by Gasteiger charge is -2.15. The Morgan fingerprint density at radius 3 is 2.08 bits per heavy atom. The van der Waals surface area contributed by atoms with E-state index < -0.39 is 0 Å². The molecular formula is C22H38N2S. The van der Waals surface area contributed by atoms with Gasteiger partial charge in [0.25, 0.3) is 0 Å². The van der Waals surface area contributed by atoms with Crippen LogP contribution in [-0.4, -0.2) is 0 Å². The maximum absolute atomic E-state index is 5.93. The molecule has 1 aromatic carbocycles. The second kappa shape index (κ2) is 13.8. The Labute approximate surface area is 159 Å². The average Bonchev–Trinajstić information content (AvgIpc) is 3.09. The van der Waals surface area contributed by atoms with Crippen LogP contribution in [0.25, 0.3) is 10.4 Å². The van der Waals surface area contributed by atoms with E-state index in [1.807, 2.05) is 45.9 Å². The van der Waals surface area contributed by atoms with E-state index in [1.54, 1.807) is 11.3 Å². The van der Waals surface area contributed by atoms with Crippen LogP contribution < -0.4 is 11.5 Å². The maximum Gasteiger partial charge on any atom is 0.0376 e. The first-order valence-electron chi connectivity index (χ1n) is 9.86. The van der Waals surface area contributed by atoms with E-state index in [0.717, 1.165) is 29.3 Å². The summed E-state index contributed by atoms with van der Waals surface area (Å²) in [6.45, 7) is 12.6. The zero-order chi connectivity index (χ0) is 19.2. The minimum atomic E-state index is 0.738. The van der Waals surface area contributed by atoms with Crippen molar-refractivity contribution in [1.82, 2.24) is 0 Å². The molecule has 0 saturated heterocycles. The first-order chi connectivity index (χ1) is 12.1. The van der Waals surface area contributed by atoms with E-state index in [9.17, 15) is 0 Å². The Kier molecular flexibility index (Phi) is 13.0. The molecule has 2 aromatic rings. The van der Waals surface area contributed by atoms with Gasteiger partial charge in [-0.3, -0.25) is 0 Å². The van der Waals surface area contributed by atoms with Crippen LogP contribution in [0.4, 0.5) is 11.4 Å². The van der Waals surface area contributed by atoms with E-state index >= 15 is 0 Å². The average molecular weight is 363 g/mol. The smallest absolute Gasteiger partial charge is 0.0376 e. The molecule has 25 heavy (non-hydrogen) atoms. The van der Waals surface area contributed by atoms with E-state index in [-0.39, 0.29) is 0 Å². The molecule has 0 aliphatic heterocycles. The van der Waals surface area contributed by atoms with Crippen molar-refractivity contribution in [3.8, 4) is 10.4 Å². The number of thiophene rings is 1. The zero-order valence-corrected chi connectivity index (χ0v) is 17.9. The van der Waals surface area contributed by atoms with Gasteiger partial charge in [0.1, 0.15) is 0 Å². The predicted molar refractivity (Wildman–Crippen MR) is 118 cm³/mol. The fourth-order valence-electron chi connectivity index (χ4n) is 2.81. The maximum atomic E-state index is 5.93. The predicted octanol–water partition coefficient (Wildman–Crippen LogP) is 7.39. The molecule has 0 saturated carbocycles. The number of benzene rings is 1. The number of hydrogen-bond acceptors (Lipinski definition) is 3. The summed E-state index contributed by atoms with van der Waals surface area (Å²) in [5.74, 6) is 0.775. The van der Waals surface area contributed by atoms with Crippen molar-refractivity contribution in [1.29, 1.82) is 0 Å². The molecule has 1 unspecified atom stereocenters. The van der Waals surface area contributed by atoms with Crippen LogP contribution in [0.2, 0.25) is 0 Å². The third kappa shape index (κ3) is 7.96. The van der Waals surface area contributed by atoms with Crippen LogP contribution in [-0.2, 0) is 6.42 Å². The highest BCUT2D eigenvalue weighted by Crippen LogP contribution is 2.34. The van der Waals surface area contributed by atoms with Gasteiger partial charge in [-0.05, 0) is 53.1 Å². The first kappa shape index (κ1) is 23.5. The summed E-state index contributed by atoms with van der Waals surface area (Å²) < 4.78 is 0. The minimum Gasteiger partial charge on any atom is -0.399 e. The molecule has 1 heterocycles. The second-order valence-electron chi connectivity index (χ2n) is 5.78. The van der Waals surface area contributed by atoms with Gasteiger partial charge < -0.3 is 11.5 Å². The number of hydrogen-bond donors (Lipinski definition) is 2. The lowest BCUT2D eigenvalue weighted by Crippen LogP contribution is -2.03. The molecular weight excluding hydrogens is 324 g/mol. The Morgan fingerprint density at radius 2 is 1.56 bits per heavy atom. The van der Waals surface area contributed by atoms with Crippen LogP contribution in [0, 0.1) is 5.92 Å². The van der Waals surface area contributed by atoms with E-state index in [0.29, 0.717) is 0 Å². The fraction of sp³-hybridized carbons (Fsp3) is 0.545. The molecule has 0 spiro atoms. The molecule has 2 rings (SSSR count). The number of anilines is 2. The van der Waals surface area contributed by atoms with E-state index in [4.69, 9.17) is 11.5 Å². The number of nitrogen functional groups attached to an aromatic ring is 2. The van der Waals surface area contributed by atoms with Crippen LogP contribution >= 0.6 is 11.3 Å². The van der Waals surface area contributed by atoms with Gasteiger partial charge in [-0.2, -0.15) is 0 Å². The molecule has 0 amide bonds. The van der Waals surface area contributed by atoms with Gasteiger partial charge in [-0.15, -0.1) is 11.3 Å². The summed E-state index contributed by atoms with van der Waals surface area (Å²) in [7, 11) is 0. The summed E-state index contributed by atoms with van der Waals surface area (Å²) in [5, 5.41) is 2.18. The van der Waals surface area contributed by atoms with Crippen molar-refractivity contribution < 1.29 is 0 Å². The summed E-state index contributed by atoms with van der Waals surface area (Å²) in [6, 6.07) is 8.12. The molecule has 3 heteroatoms. The van der Waals surface area contributed by atoms with E-state index in [2.05, 4.69) is 25.3 Å². The normalized spacial score (nSPS) is 11.0. The third-order valence-corrected chi connectivity index (χ3v) is 5.04. The number of unbranched alkanes of at least 4 members (excludes halogenated alkanes) is 1. The highest BCUT2D eigenvalue weighted by atomic mass is 32.1. The topological polar surface area (TPSA) is 52.0 Å². The Morgan fingerprint density at radius 1 is 0.960 bits per heavy atom. The van der Waals surface area contributed by atoms with Crippen LogP contribution in [0.1, 0.15) is 72.8 Å². The highest BCUT2D eigenvalue weighted by molar-refractivity contribution is 7.13. The van der Waals surface area contributed by atoms with Gasteiger partial charge in [0.2, 0.25) is 0 Å². The summed E-state index contributed by atoms with van der Waals surface area (Å²) in [4.78, 5) is 1.32. The second-order valence-corrected chi connectivity index (χ2v) is 6.70. The molecule has 0 bridgehead atoms. The SMILES string of the molecule is CC.CC.CCCCC(CC)Cc1ccsc1-c1cc(N)cc(N)c1. The summed E-state index contributed by atoms with van der Waals surface area (Å²) in [6.07, 6.45) is 6.32. The molecule has 1 aromatic heterocycles. The van der Waals surface area contributed by atoms with Gasteiger partial charge in [0.05, 0.1) is 0 Å². The lowest BCUT2D eigenvalue weighted by molar-refractivity contribution is 0.450. The third-order valence-electron chi connectivity index (χ3n) is 4.04. The van der Waals surface area contributed by atoms with Crippen molar-refractivity contribution in [2.45, 2.75) is 73.6 Å². The van der Waals surface area contributed by atoms with Crippen LogP contribution in [0.5, 0.6) is 0 Å². The van der Waals surface area contributed by atoms with Gasteiger partial charge in [0.15, 0.2) is 0 Å². The standard InChI is InChI=1S/C18H26N2S.2C2H6/c1-3-5-6-13(4-2)9-14-7-8-21-18(14)15-10-16(19)12-17(20)11-15;2*1-2/h7-8,10-13H,3-6,9,19-20H2,1-2H3;2*1-2H3. The van der Waals surface area contributed by atoms with Crippen molar-refractivity contribution in [2.75, 3.05) is 11.5 Å². The fourth-order valence-corrected chi connectivity index (χ4v) is 3.74. The molecule has 2 nitrogen and oxygen atoms in total. The van der Waals surface area contributed by atoms with Gasteiger partial charge >= 0.3 is 0 Å². The molecule has 0 aliphatic carbocycles. The number of nitrogens with two attached hydrogens (primary N) is 2.